The Kier molecular flexibility index (Phi) is 4.52. The van der Waals surface area contributed by atoms with Crippen LogP contribution in [0.4, 0.5) is 5.69 Å². The van der Waals surface area contributed by atoms with Crippen LogP contribution in [0.2, 0.25) is 0 Å². The molecule has 0 spiro atoms. The molecule has 1 N–H and O–H groups in total. The van der Waals surface area contributed by atoms with Crippen molar-refractivity contribution in [2.45, 2.75) is 19.9 Å². The summed E-state index contributed by atoms with van der Waals surface area (Å²) in [6.45, 7) is 2.08. The number of pyridine rings is 1. The standard InChI is InChI=1S/C16H15N3O2/c1-12-3-2-9-19(16(12)21)10-8-15(20)18-14-6-4-13(11-17)5-7-14/h2-7,9H,8,10H2,1H3,(H,18,20). The van der Waals surface area contributed by atoms with Crippen molar-refractivity contribution in [2.75, 3.05) is 5.32 Å². The number of aromatic nitrogens is 1. The molecule has 0 unspecified atom stereocenters. The lowest BCUT2D eigenvalue weighted by atomic mass is 10.2. The van der Waals surface area contributed by atoms with E-state index in [1.807, 2.05) is 6.07 Å². The van der Waals surface area contributed by atoms with Crippen molar-refractivity contribution >= 4 is 11.6 Å². The SMILES string of the molecule is Cc1cccn(CCC(=O)Nc2ccc(C#N)cc2)c1=O. The van der Waals surface area contributed by atoms with Gasteiger partial charge in [0.15, 0.2) is 0 Å². The van der Waals surface area contributed by atoms with Crippen molar-refractivity contribution in [1.29, 1.82) is 5.26 Å². The van der Waals surface area contributed by atoms with Crippen molar-refractivity contribution in [3.63, 3.8) is 0 Å². The third kappa shape index (κ3) is 3.80. The average Bonchev–Trinajstić information content (AvgIpc) is 2.49. The van der Waals surface area contributed by atoms with E-state index in [-0.39, 0.29) is 17.9 Å². The molecule has 0 saturated carbocycles. The molecule has 1 aromatic carbocycles. The van der Waals surface area contributed by atoms with E-state index in [2.05, 4.69) is 5.32 Å². The summed E-state index contributed by atoms with van der Waals surface area (Å²) in [6, 6.07) is 12.2. The highest BCUT2D eigenvalue weighted by molar-refractivity contribution is 5.90. The van der Waals surface area contributed by atoms with Gasteiger partial charge in [0.05, 0.1) is 11.6 Å². The summed E-state index contributed by atoms with van der Waals surface area (Å²) < 4.78 is 1.52. The molecule has 0 aliphatic carbocycles. The molecule has 5 nitrogen and oxygen atoms in total. The molecule has 5 heteroatoms. The summed E-state index contributed by atoms with van der Waals surface area (Å²) in [6.07, 6.45) is 1.88. The van der Waals surface area contributed by atoms with Gasteiger partial charge in [-0.3, -0.25) is 9.59 Å². The first kappa shape index (κ1) is 14.5. The maximum absolute atomic E-state index is 11.8. The number of rotatable bonds is 4. The number of carbonyl (C=O) groups excluding carboxylic acids is 1. The number of hydrogen-bond donors (Lipinski definition) is 1. The summed E-state index contributed by atoms with van der Waals surface area (Å²) in [5.74, 6) is -0.173. The van der Waals surface area contributed by atoms with Gasteiger partial charge in [0, 0.05) is 30.4 Å². The Balaban J connectivity index is 1.94. The van der Waals surface area contributed by atoms with Crippen LogP contribution in [0.25, 0.3) is 0 Å². The lowest BCUT2D eigenvalue weighted by Crippen LogP contribution is -2.24. The normalized spacial score (nSPS) is 9.90. The van der Waals surface area contributed by atoms with Crippen LogP contribution in [0.3, 0.4) is 0 Å². The second-order valence-electron chi connectivity index (χ2n) is 4.68. The van der Waals surface area contributed by atoms with Gasteiger partial charge in [-0.2, -0.15) is 5.26 Å². The number of nitriles is 1. The van der Waals surface area contributed by atoms with Gasteiger partial charge in [-0.05, 0) is 37.3 Å². The van der Waals surface area contributed by atoms with Crippen LogP contribution in [0.1, 0.15) is 17.5 Å². The van der Waals surface area contributed by atoms with Gasteiger partial charge < -0.3 is 9.88 Å². The van der Waals surface area contributed by atoms with Crippen molar-refractivity contribution in [3.05, 3.63) is 64.1 Å². The van der Waals surface area contributed by atoms with Gasteiger partial charge in [-0.1, -0.05) is 6.07 Å². The molecule has 1 heterocycles. The summed E-state index contributed by atoms with van der Waals surface area (Å²) in [4.78, 5) is 23.7. The molecule has 106 valence electrons. The first-order valence-electron chi connectivity index (χ1n) is 6.56. The minimum absolute atomic E-state index is 0.0799. The molecular weight excluding hydrogens is 266 g/mol. The quantitative estimate of drug-likeness (QED) is 0.932. The number of nitrogens with zero attached hydrogens (tertiary/aromatic N) is 2. The van der Waals surface area contributed by atoms with E-state index in [9.17, 15) is 9.59 Å². The Morgan fingerprint density at radius 2 is 2.00 bits per heavy atom. The fraction of sp³-hybridized carbons (Fsp3) is 0.188. The molecule has 1 aromatic heterocycles. The van der Waals surface area contributed by atoms with Crippen LogP contribution in [-0.2, 0) is 11.3 Å². The summed E-state index contributed by atoms with van der Waals surface area (Å²) in [7, 11) is 0. The Bertz CT molecular complexity index is 739. The van der Waals surface area contributed by atoms with E-state index < -0.39 is 0 Å². The maximum atomic E-state index is 11.8. The number of carbonyl (C=O) groups is 1. The van der Waals surface area contributed by atoms with E-state index >= 15 is 0 Å². The molecule has 2 rings (SSSR count). The number of hydrogen-bond acceptors (Lipinski definition) is 3. The second-order valence-corrected chi connectivity index (χ2v) is 4.68. The number of anilines is 1. The van der Waals surface area contributed by atoms with Crippen LogP contribution in [0.5, 0.6) is 0 Å². The number of amides is 1. The van der Waals surface area contributed by atoms with E-state index in [4.69, 9.17) is 5.26 Å². The summed E-state index contributed by atoms with van der Waals surface area (Å²) in [5, 5.41) is 11.4. The minimum Gasteiger partial charge on any atom is -0.326 e. The molecule has 0 fully saturated rings. The van der Waals surface area contributed by atoms with Gasteiger partial charge in [-0.25, -0.2) is 0 Å². The van der Waals surface area contributed by atoms with Gasteiger partial charge in [0.1, 0.15) is 0 Å². The zero-order chi connectivity index (χ0) is 15.2. The predicted octanol–water partition coefficient (Wildman–Crippen LogP) is 2.06. The van der Waals surface area contributed by atoms with Crippen molar-refractivity contribution in [1.82, 2.24) is 4.57 Å². The zero-order valence-electron chi connectivity index (χ0n) is 11.7. The van der Waals surface area contributed by atoms with E-state index in [0.717, 1.165) is 0 Å². The molecule has 0 atom stereocenters. The van der Waals surface area contributed by atoms with Gasteiger partial charge in [0.2, 0.25) is 5.91 Å². The number of aryl methyl sites for hydroxylation is 2. The van der Waals surface area contributed by atoms with Gasteiger partial charge in [0.25, 0.3) is 5.56 Å². The second kappa shape index (κ2) is 6.53. The third-order valence-electron chi connectivity index (χ3n) is 3.09. The molecule has 21 heavy (non-hydrogen) atoms. The first-order chi connectivity index (χ1) is 10.1. The molecule has 0 saturated heterocycles. The zero-order valence-corrected chi connectivity index (χ0v) is 11.7. The lowest BCUT2D eigenvalue weighted by Gasteiger charge is -2.07. The largest absolute Gasteiger partial charge is 0.326 e. The van der Waals surface area contributed by atoms with Crippen LogP contribution in [0, 0.1) is 18.3 Å². The molecule has 2 aromatic rings. The smallest absolute Gasteiger partial charge is 0.253 e. The van der Waals surface area contributed by atoms with Crippen LogP contribution in [0.15, 0.2) is 47.4 Å². The van der Waals surface area contributed by atoms with Crippen molar-refractivity contribution in [2.24, 2.45) is 0 Å². The van der Waals surface area contributed by atoms with Crippen LogP contribution in [-0.4, -0.2) is 10.5 Å². The Labute approximate surface area is 122 Å². The molecular formula is C16H15N3O2. The molecule has 0 aliphatic heterocycles. The monoisotopic (exact) mass is 281 g/mol. The Hall–Kier alpha value is -2.87. The average molecular weight is 281 g/mol. The highest BCUT2D eigenvalue weighted by atomic mass is 16.1. The van der Waals surface area contributed by atoms with Crippen LogP contribution < -0.4 is 10.9 Å². The van der Waals surface area contributed by atoms with E-state index in [1.54, 1.807) is 49.5 Å². The Morgan fingerprint density at radius 1 is 1.29 bits per heavy atom. The highest BCUT2D eigenvalue weighted by Gasteiger charge is 2.05. The Morgan fingerprint density at radius 3 is 2.67 bits per heavy atom. The van der Waals surface area contributed by atoms with Crippen LogP contribution >= 0.6 is 0 Å². The van der Waals surface area contributed by atoms with E-state index in [1.165, 1.54) is 4.57 Å². The highest BCUT2D eigenvalue weighted by Crippen LogP contribution is 2.09. The first-order valence-corrected chi connectivity index (χ1v) is 6.56. The lowest BCUT2D eigenvalue weighted by molar-refractivity contribution is -0.116. The summed E-state index contributed by atoms with van der Waals surface area (Å²) >= 11 is 0. The molecule has 1 amide bonds. The topological polar surface area (TPSA) is 74.9 Å². The van der Waals surface area contributed by atoms with Crippen molar-refractivity contribution in [3.8, 4) is 6.07 Å². The van der Waals surface area contributed by atoms with Gasteiger partial charge in [-0.15, -0.1) is 0 Å². The number of benzene rings is 1. The predicted molar refractivity (Wildman–Crippen MR) is 79.8 cm³/mol. The van der Waals surface area contributed by atoms with E-state index in [0.29, 0.717) is 23.4 Å². The fourth-order valence-corrected chi connectivity index (χ4v) is 1.91. The maximum Gasteiger partial charge on any atom is 0.253 e. The van der Waals surface area contributed by atoms with Gasteiger partial charge >= 0.3 is 0 Å². The summed E-state index contributed by atoms with van der Waals surface area (Å²) in [5.41, 5.74) is 1.75. The molecule has 0 radical (unpaired) electrons. The molecule has 0 bridgehead atoms. The van der Waals surface area contributed by atoms with Crippen molar-refractivity contribution < 1.29 is 4.79 Å². The minimum atomic E-state index is -0.173. The molecule has 0 aliphatic rings. The number of nitrogens with one attached hydrogen (secondary N) is 1. The third-order valence-corrected chi connectivity index (χ3v) is 3.09. The fourth-order valence-electron chi connectivity index (χ4n) is 1.91.